The largest absolute Gasteiger partial charge is 0.340 e. The summed E-state index contributed by atoms with van der Waals surface area (Å²) < 4.78 is 13.2. The van der Waals surface area contributed by atoms with E-state index in [2.05, 4.69) is 20.6 Å². The minimum atomic E-state index is -0.434. The summed E-state index contributed by atoms with van der Waals surface area (Å²) in [5.74, 6) is -0.350. The number of halogens is 1. The topological polar surface area (TPSA) is 66.9 Å². The fourth-order valence-corrected chi connectivity index (χ4v) is 2.16. The highest BCUT2D eigenvalue weighted by Crippen LogP contribution is 2.19. The molecule has 0 atom stereocenters. The first-order valence-corrected chi connectivity index (χ1v) is 7.33. The van der Waals surface area contributed by atoms with E-state index in [0.29, 0.717) is 11.5 Å². The zero-order valence-corrected chi connectivity index (χ0v) is 13.0. The van der Waals surface area contributed by atoms with Gasteiger partial charge in [-0.1, -0.05) is 24.3 Å². The zero-order valence-electron chi connectivity index (χ0n) is 13.0. The Hall–Kier alpha value is -3.28. The van der Waals surface area contributed by atoms with Gasteiger partial charge in [0.25, 0.3) is 5.91 Å². The average Bonchev–Trinajstić information content (AvgIpc) is 2.57. The normalized spacial score (nSPS) is 10.2. The highest BCUT2D eigenvalue weighted by Gasteiger charge is 2.10. The van der Waals surface area contributed by atoms with Crippen molar-refractivity contribution in [1.29, 1.82) is 0 Å². The number of anilines is 3. The van der Waals surface area contributed by atoms with E-state index in [1.54, 1.807) is 12.1 Å². The van der Waals surface area contributed by atoms with Crippen LogP contribution >= 0.6 is 0 Å². The molecule has 0 unspecified atom stereocenters. The van der Waals surface area contributed by atoms with Crippen LogP contribution in [0, 0.1) is 12.7 Å². The standard InChI is InChI=1S/C18H15FN4O/c1-12-5-2-3-8-15(12)23-17-10-16(20-11-21-17)18(24)22-14-7-4-6-13(19)9-14/h2-11H,1H3,(H,22,24)(H,20,21,23). The minimum absolute atomic E-state index is 0.186. The molecule has 1 aromatic heterocycles. The third-order valence-corrected chi connectivity index (χ3v) is 3.39. The maximum Gasteiger partial charge on any atom is 0.274 e. The van der Waals surface area contributed by atoms with Gasteiger partial charge in [-0.15, -0.1) is 0 Å². The number of rotatable bonds is 4. The van der Waals surface area contributed by atoms with E-state index in [9.17, 15) is 9.18 Å². The van der Waals surface area contributed by atoms with E-state index in [4.69, 9.17) is 0 Å². The van der Waals surface area contributed by atoms with Gasteiger partial charge in [-0.2, -0.15) is 0 Å². The van der Waals surface area contributed by atoms with E-state index < -0.39 is 11.7 Å². The Kier molecular flexibility index (Phi) is 4.47. The Bertz CT molecular complexity index is 882. The quantitative estimate of drug-likeness (QED) is 0.764. The number of nitrogens with one attached hydrogen (secondary N) is 2. The number of para-hydroxylation sites is 1. The minimum Gasteiger partial charge on any atom is -0.340 e. The number of aryl methyl sites for hydroxylation is 1. The zero-order chi connectivity index (χ0) is 16.9. The molecule has 6 heteroatoms. The number of nitrogens with zero attached hydrogens (tertiary/aromatic N) is 2. The van der Waals surface area contributed by atoms with Gasteiger partial charge >= 0.3 is 0 Å². The van der Waals surface area contributed by atoms with Crippen LogP contribution in [0.3, 0.4) is 0 Å². The molecule has 0 aliphatic rings. The molecule has 1 amide bonds. The molecule has 3 rings (SSSR count). The lowest BCUT2D eigenvalue weighted by molar-refractivity contribution is 0.102. The van der Waals surface area contributed by atoms with Gasteiger partial charge in [0.1, 0.15) is 23.7 Å². The number of amides is 1. The van der Waals surface area contributed by atoms with Crippen molar-refractivity contribution in [1.82, 2.24) is 9.97 Å². The van der Waals surface area contributed by atoms with Crippen LogP contribution in [0.5, 0.6) is 0 Å². The summed E-state index contributed by atoms with van der Waals surface area (Å²) in [4.78, 5) is 20.3. The number of carbonyl (C=O) groups is 1. The third kappa shape index (κ3) is 3.73. The highest BCUT2D eigenvalue weighted by atomic mass is 19.1. The van der Waals surface area contributed by atoms with Crippen molar-refractivity contribution in [2.24, 2.45) is 0 Å². The predicted octanol–water partition coefficient (Wildman–Crippen LogP) is 3.92. The van der Waals surface area contributed by atoms with Crippen molar-refractivity contribution in [2.75, 3.05) is 10.6 Å². The lowest BCUT2D eigenvalue weighted by atomic mass is 10.2. The molecule has 0 saturated carbocycles. The summed E-state index contributed by atoms with van der Waals surface area (Å²) in [5, 5.41) is 5.75. The van der Waals surface area contributed by atoms with Crippen molar-refractivity contribution in [3.05, 3.63) is 78.0 Å². The predicted molar refractivity (Wildman–Crippen MR) is 90.8 cm³/mol. The molecular formula is C18H15FN4O. The lowest BCUT2D eigenvalue weighted by Gasteiger charge is -2.09. The summed E-state index contributed by atoms with van der Waals surface area (Å²) in [7, 11) is 0. The summed E-state index contributed by atoms with van der Waals surface area (Å²) >= 11 is 0. The van der Waals surface area contributed by atoms with Crippen molar-refractivity contribution in [2.45, 2.75) is 6.92 Å². The average molecular weight is 322 g/mol. The molecule has 0 aliphatic heterocycles. The molecule has 24 heavy (non-hydrogen) atoms. The monoisotopic (exact) mass is 322 g/mol. The number of aromatic nitrogens is 2. The van der Waals surface area contributed by atoms with Gasteiger partial charge in [0.15, 0.2) is 0 Å². The second kappa shape index (κ2) is 6.87. The van der Waals surface area contributed by atoms with Crippen LogP contribution < -0.4 is 10.6 Å². The molecule has 0 fully saturated rings. The number of hydrogen-bond acceptors (Lipinski definition) is 4. The molecule has 1 heterocycles. The van der Waals surface area contributed by atoms with E-state index in [1.165, 1.54) is 24.5 Å². The van der Waals surface area contributed by atoms with Crippen LogP contribution in [0.2, 0.25) is 0 Å². The molecule has 2 aromatic carbocycles. The molecule has 0 bridgehead atoms. The van der Waals surface area contributed by atoms with Crippen LogP contribution in [0.4, 0.5) is 21.6 Å². The Morgan fingerprint density at radius 2 is 1.88 bits per heavy atom. The van der Waals surface area contributed by atoms with Crippen molar-refractivity contribution < 1.29 is 9.18 Å². The van der Waals surface area contributed by atoms with E-state index in [1.807, 2.05) is 31.2 Å². The summed E-state index contributed by atoms with van der Waals surface area (Å²) in [6, 6.07) is 15.0. The second-order valence-electron chi connectivity index (χ2n) is 5.19. The second-order valence-corrected chi connectivity index (χ2v) is 5.19. The fourth-order valence-electron chi connectivity index (χ4n) is 2.16. The number of benzene rings is 2. The first-order chi connectivity index (χ1) is 11.6. The van der Waals surface area contributed by atoms with Crippen LogP contribution in [-0.4, -0.2) is 15.9 Å². The van der Waals surface area contributed by atoms with E-state index in [0.717, 1.165) is 11.3 Å². The fraction of sp³-hybridized carbons (Fsp3) is 0.0556. The number of carbonyl (C=O) groups excluding carboxylic acids is 1. The molecule has 0 radical (unpaired) electrons. The van der Waals surface area contributed by atoms with Crippen LogP contribution in [-0.2, 0) is 0 Å². The molecule has 120 valence electrons. The summed E-state index contributed by atoms with van der Waals surface area (Å²) in [5.41, 5.74) is 2.51. The van der Waals surface area contributed by atoms with Gasteiger partial charge in [-0.3, -0.25) is 4.79 Å². The Morgan fingerprint density at radius 3 is 2.67 bits per heavy atom. The van der Waals surface area contributed by atoms with Gasteiger partial charge in [-0.25, -0.2) is 14.4 Å². The molecule has 0 aliphatic carbocycles. The van der Waals surface area contributed by atoms with Gasteiger partial charge in [0.2, 0.25) is 0 Å². The lowest BCUT2D eigenvalue weighted by Crippen LogP contribution is -2.14. The molecule has 2 N–H and O–H groups in total. The highest BCUT2D eigenvalue weighted by molar-refractivity contribution is 6.03. The van der Waals surface area contributed by atoms with Gasteiger partial charge < -0.3 is 10.6 Å². The Balaban J connectivity index is 1.77. The smallest absolute Gasteiger partial charge is 0.274 e. The SMILES string of the molecule is Cc1ccccc1Nc1cc(C(=O)Nc2cccc(F)c2)ncn1. The van der Waals surface area contributed by atoms with Crippen LogP contribution in [0.25, 0.3) is 0 Å². The van der Waals surface area contributed by atoms with E-state index in [-0.39, 0.29) is 5.69 Å². The van der Waals surface area contributed by atoms with Crippen molar-refractivity contribution in [3.63, 3.8) is 0 Å². The molecule has 3 aromatic rings. The van der Waals surface area contributed by atoms with Crippen LogP contribution in [0.15, 0.2) is 60.9 Å². The van der Waals surface area contributed by atoms with Gasteiger partial charge in [-0.05, 0) is 36.8 Å². The van der Waals surface area contributed by atoms with E-state index >= 15 is 0 Å². The molecular weight excluding hydrogens is 307 g/mol. The molecule has 0 saturated heterocycles. The molecule has 5 nitrogen and oxygen atoms in total. The van der Waals surface area contributed by atoms with Crippen molar-refractivity contribution in [3.8, 4) is 0 Å². The maximum absolute atomic E-state index is 13.2. The Labute approximate surface area is 138 Å². The third-order valence-electron chi connectivity index (χ3n) is 3.39. The number of hydrogen-bond donors (Lipinski definition) is 2. The van der Waals surface area contributed by atoms with Gasteiger partial charge in [0.05, 0.1) is 0 Å². The first kappa shape index (κ1) is 15.6. The van der Waals surface area contributed by atoms with Gasteiger partial charge in [0, 0.05) is 17.4 Å². The summed E-state index contributed by atoms with van der Waals surface area (Å²) in [6.45, 7) is 1.97. The Morgan fingerprint density at radius 1 is 1.04 bits per heavy atom. The maximum atomic E-state index is 13.2. The first-order valence-electron chi connectivity index (χ1n) is 7.33. The summed E-state index contributed by atoms with van der Waals surface area (Å²) in [6.07, 6.45) is 1.31. The van der Waals surface area contributed by atoms with Crippen LogP contribution in [0.1, 0.15) is 16.1 Å². The van der Waals surface area contributed by atoms with Crippen molar-refractivity contribution >= 4 is 23.1 Å². The molecule has 0 spiro atoms.